The second-order valence-electron chi connectivity index (χ2n) is 5.28. The van der Waals surface area contributed by atoms with Gasteiger partial charge in [0.15, 0.2) is 5.82 Å². The number of nitrogens with zero attached hydrogens (tertiary/aromatic N) is 3. The average Bonchev–Trinajstić information content (AvgIpc) is 2.82. The first-order valence-electron chi connectivity index (χ1n) is 6.79. The minimum Gasteiger partial charge on any atom is -0.328 e. The Morgan fingerprint density at radius 1 is 1.25 bits per heavy atom. The number of hydrogen-bond acceptors (Lipinski definition) is 3. The van der Waals surface area contributed by atoms with Crippen molar-refractivity contribution < 1.29 is 0 Å². The monoisotopic (exact) mass is 266 g/mol. The van der Waals surface area contributed by atoms with Crippen LogP contribution in [0.3, 0.4) is 0 Å². The SMILES string of the molecule is Cc1cc(CC(C)N)cnc1-n1ncc2ccccc21. The van der Waals surface area contributed by atoms with E-state index in [0.717, 1.165) is 34.3 Å². The molecule has 0 bridgehead atoms. The predicted octanol–water partition coefficient (Wildman–Crippen LogP) is 2.62. The summed E-state index contributed by atoms with van der Waals surface area (Å²) in [5.74, 6) is 0.875. The van der Waals surface area contributed by atoms with Crippen molar-refractivity contribution in [3.8, 4) is 5.82 Å². The fraction of sp³-hybridized carbons (Fsp3) is 0.250. The molecule has 0 fully saturated rings. The highest BCUT2D eigenvalue weighted by Gasteiger charge is 2.09. The molecule has 1 unspecified atom stereocenters. The molecule has 0 saturated carbocycles. The van der Waals surface area contributed by atoms with Crippen molar-refractivity contribution >= 4 is 10.9 Å². The zero-order valence-corrected chi connectivity index (χ0v) is 11.7. The minimum atomic E-state index is 0.146. The molecule has 0 radical (unpaired) electrons. The van der Waals surface area contributed by atoms with Gasteiger partial charge in [0.1, 0.15) is 0 Å². The summed E-state index contributed by atoms with van der Waals surface area (Å²) in [5.41, 5.74) is 9.18. The van der Waals surface area contributed by atoms with Gasteiger partial charge in [0, 0.05) is 17.6 Å². The number of pyridine rings is 1. The van der Waals surface area contributed by atoms with E-state index < -0.39 is 0 Å². The molecular formula is C16H18N4. The number of hydrogen-bond donors (Lipinski definition) is 1. The van der Waals surface area contributed by atoms with Crippen LogP contribution < -0.4 is 5.73 Å². The Bertz CT molecular complexity index is 743. The Morgan fingerprint density at radius 3 is 2.80 bits per heavy atom. The molecule has 2 aromatic heterocycles. The Balaban J connectivity index is 2.06. The van der Waals surface area contributed by atoms with Crippen molar-refractivity contribution in [1.29, 1.82) is 0 Å². The minimum absolute atomic E-state index is 0.146. The van der Waals surface area contributed by atoms with Gasteiger partial charge in [-0.15, -0.1) is 0 Å². The first kappa shape index (κ1) is 12.8. The standard InChI is InChI=1S/C16H18N4/c1-11-7-13(8-12(2)17)9-18-16(11)20-15-6-4-3-5-14(15)10-19-20/h3-7,9-10,12H,8,17H2,1-2H3. The van der Waals surface area contributed by atoms with Crippen LogP contribution in [0.1, 0.15) is 18.1 Å². The van der Waals surface area contributed by atoms with Crippen molar-refractivity contribution in [2.45, 2.75) is 26.3 Å². The van der Waals surface area contributed by atoms with Gasteiger partial charge in [0.05, 0.1) is 11.7 Å². The lowest BCUT2D eigenvalue weighted by molar-refractivity contribution is 0.733. The molecule has 0 aliphatic carbocycles. The molecule has 1 aromatic carbocycles. The third-order valence-electron chi connectivity index (χ3n) is 3.34. The van der Waals surface area contributed by atoms with Crippen LogP contribution in [0.4, 0.5) is 0 Å². The third-order valence-corrected chi connectivity index (χ3v) is 3.34. The summed E-state index contributed by atoms with van der Waals surface area (Å²) in [7, 11) is 0. The zero-order valence-electron chi connectivity index (χ0n) is 11.7. The van der Waals surface area contributed by atoms with Crippen molar-refractivity contribution in [3.05, 3.63) is 53.9 Å². The van der Waals surface area contributed by atoms with E-state index >= 15 is 0 Å². The molecule has 3 rings (SSSR count). The Labute approximate surface area is 118 Å². The van der Waals surface area contributed by atoms with E-state index in [-0.39, 0.29) is 6.04 Å². The van der Waals surface area contributed by atoms with E-state index in [9.17, 15) is 0 Å². The molecule has 102 valence electrons. The Morgan fingerprint density at radius 2 is 2.05 bits per heavy atom. The summed E-state index contributed by atoms with van der Waals surface area (Å²) in [4.78, 5) is 4.57. The summed E-state index contributed by atoms with van der Waals surface area (Å²) in [5, 5.41) is 5.57. The molecule has 0 aliphatic rings. The predicted molar refractivity (Wildman–Crippen MR) is 81.0 cm³/mol. The van der Waals surface area contributed by atoms with E-state index in [0.29, 0.717) is 0 Å². The molecule has 3 aromatic rings. The highest BCUT2D eigenvalue weighted by Crippen LogP contribution is 2.19. The molecule has 4 heteroatoms. The second-order valence-corrected chi connectivity index (χ2v) is 5.28. The van der Waals surface area contributed by atoms with E-state index in [2.05, 4.69) is 35.2 Å². The van der Waals surface area contributed by atoms with Gasteiger partial charge in [-0.2, -0.15) is 5.10 Å². The maximum absolute atomic E-state index is 5.84. The summed E-state index contributed by atoms with van der Waals surface area (Å²) in [6, 6.07) is 10.4. The lowest BCUT2D eigenvalue weighted by atomic mass is 10.1. The van der Waals surface area contributed by atoms with Gasteiger partial charge in [-0.25, -0.2) is 9.67 Å². The number of benzene rings is 1. The van der Waals surface area contributed by atoms with Gasteiger partial charge >= 0.3 is 0 Å². The lowest BCUT2D eigenvalue weighted by Crippen LogP contribution is -2.18. The van der Waals surface area contributed by atoms with Crippen LogP contribution in [0.15, 0.2) is 42.7 Å². The van der Waals surface area contributed by atoms with Crippen LogP contribution in [-0.2, 0) is 6.42 Å². The van der Waals surface area contributed by atoms with Crippen LogP contribution in [0, 0.1) is 6.92 Å². The summed E-state index contributed by atoms with van der Waals surface area (Å²) >= 11 is 0. The van der Waals surface area contributed by atoms with Gasteiger partial charge < -0.3 is 5.73 Å². The van der Waals surface area contributed by atoms with E-state index in [1.165, 1.54) is 0 Å². The van der Waals surface area contributed by atoms with Gasteiger partial charge in [-0.1, -0.05) is 24.3 Å². The fourth-order valence-electron chi connectivity index (χ4n) is 2.47. The molecule has 2 heterocycles. The number of aryl methyl sites for hydroxylation is 1. The zero-order chi connectivity index (χ0) is 14.1. The topological polar surface area (TPSA) is 56.7 Å². The Hall–Kier alpha value is -2.20. The first-order valence-corrected chi connectivity index (χ1v) is 6.79. The number of fused-ring (bicyclic) bond motifs is 1. The fourth-order valence-corrected chi connectivity index (χ4v) is 2.47. The second kappa shape index (κ2) is 5.06. The van der Waals surface area contributed by atoms with E-state index in [1.54, 1.807) is 0 Å². The molecular weight excluding hydrogens is 248 g/mol. The molecule has 2 N–H and O–H groups in total. The van der Waals surface area contributed by atoms with E-state index in [4.69, 9.17) is 5.73 Å². The smallest absolute Gasteiger partial charge is 0.156 e. The van der Waals surface area contributed by atoms with E-state index in [1.807, 2.05) is 36.1 Å². The third kappa shape index (κ3) is 2.30. The van der Waals surface area contributed by atoms with Gasteiger partial charge in [-0.3, -0.25) is 0 Å². The van der Waals surface area contributed by atoms with Gasteiger partial charge in [-0.05, 0) is 37.5 Å². The van der Waals surface area contributed by atoms with Crippen molar-refractivity contribution in [1.82, 2.24) is 14.8 Å². The maximum atomic E-state index is 5.84. The van der Waals surface area contributed by atoms with Crippen LogP contribution in [0.2, 0.25) is 0 Å². The van der Waals surface area contributed by atoms with Crippen LogP contribution >= 0.6 is 0 Å². The van der Waals surface area contributed by atoms with Crippen LogP contribution in [0.25, 0.3) is 16.7 Å². The lowest BCUT2D eigenvalue weighted by Gasteiger charge is -2.10. The average molecular weight is 266 g/mol. The molecule has 4 nitrogen and oxygen atoms in total. The molecule has 20 heavy (non-hydrogen) atoms. The summed E-state index contributed by atoms with van der Waals surface area (Å²) < 4.78 is 1.89. The summed E-state index contributed by atoms with van der Waals surface area (Å²) in [6.45, 7) is 4.06. The molecule has 0 spiro atoms. The number of aromatic nitrogens is 3. The number of para-hydroxylation sites is 1. The van der Waals surface area contributed by atoms with Crippen LogP contribution in [0.5, 0.6) is 0 Å². The highest BCUT2D eigenvalue weighted by molar-refractivity contribution is 5.79. The first-order chi connectivity index (χ1) is 9.65. The molecule has 0 saturated heterocycles. The number of nitrogens with two attached hydrogens (primary N) is 1. The normalized spacial score (nSPS) is 12.8. The molecule has 0 aliphatic heterocycles. The maximum Gasteiger partial charge on any atom is 0.156 e. The highest BCUT2D eigenvalue weighted by atomic mass is 15.3. The summed E-state index contributed by atoms with van der Waals surface area (Å²) in [6.07, 6.45) is 4.60. The van der Waals surface area contributed by atoms with Crippen molar-refractivity contribution in [2.24, 2.45) is 5.73 Å². The quantitative estimate of drug-likeness (QED) is 0.792. The van der Waals surface area contributed by atoms with Gasteiger partial charge in [0.25, 0.3) is 0 Å². The number of rotatable bonds is 3. The molecule has 1 atom stereocenters. The van der Waals surface area contributed by atoms with Crippen molar-refractivity contribution in [2.75, 3.05) is 0 Å². The molecule has 0 amide bonds. The largest absolute Gasteiger partial charge is 0.328 e. The van der Waals surface area contributed by atoms with Gasteiger partial charge in [0.2, 0.25) is 0 Å². The Kier molecular flexibility index (Phi) is 3.24. The van der Waals surface area contributed by atoms with Crippen LogP contribution in [-0.4, -0.2) is 20.8 Å². The van der Waals surface area contributed by atoms with Crippen molar-refractivity contribution in [3.63, 3.8) is 0 Å².